The first-order valence-corrected chi connectivity index (χ1v) is 7.60. The van der Waals surface area contributed by atoms with Crippen molar-refractivity contribution >= 4 is 15.9 Å². The predicted octanol–water partition coefficient (Wildman–Crippen LogP) is 3.78. The molecule has 3 rings (SSSR count). The van der Waals surface area contributed by atoms with Crippen LogP contribution in [0.1, 0.15) is 49.4 Å². The fourth-order valence-corrected chi connectivity index (χ4v) is 3.21. The van der Waals surface area contributed by atoms with E-state index in [2.05, 4.69) is 50.5 Å². The third-order valence-electron chi connectivity index (χ3n) is 3.86. The first kappa shape index (κ1) is 12.8. The average molecular weight is 321 g/mol. The van der Waals surface area contributed by atoms with Crippen molar-refractivity contribution in [2.24, 2.45) is 0 Å². The molecule has 1 heterocycles. The molecule has 0 atom stereocenters. The molecular formula is C14H17BrN4. The van der Waals surface area contributed by atoms with Gasteiger partial charge in [-0.2, -0.15) is 4.68 Å². The molecule has 4 nitrogen and oxygen atoms in total. The Morgan fingerprint density at radius 1 is 1.21 bits per heavy atom. The molecule has 5 heteroatoms. The minimum absolute atomic E-state index is 0.496. The van der Waals surface area contributed by atoms with Crippen molar-refractivity contribution in [1.29, 1.82) is 0 Å². The molecule has 2 aromatic rings. The molecule has 1 saturated carbocycles. The first-order valence-electron chi connectivity index (χ1n) is 6.81. The van der Waals surface area contributed by atoms with Crippen molar-refractivity contribution in [3.8, 4) is 5.69 Å². The fraction of sp³-hybridized carbons (Fsp3) is 0.500. The highest BCUT2D eigenvalue weighted by Crippen LogP contribution is 2.33. The Morgan fingerprint density at radius 2 is 2.00 bits per heavy atom. The van der Waals surface area contributed by atoms with E-state index in [1.165, 1.54) is 37.7 Å². The maximum Gasteiger partial charge on any atom is 0.159 e. The molecule has 1 aromatic heterocycles. The maximum absolute atomic E-state index is 4.27. The predicted molar refractivity (Wildman–Crippen MR) is 77.4 cm³/mol. The molecule has 1 fully saturated rings. The van der Waals surface area contributed by atoms with Crippen LogP contribution in [0.2, 0.25) is 0 Å². The van der Waals surface area contributed by atoms with Crippen LogP contribution in [0.5, 0.6) is 0 Å². The highest BCUT2D eigenvalue weighted by atomic mass is 79.9. The van der Waals surface area contributed by atoms with Crippen LogP contribution in [0.15, 0.2) is 22.7 Å². The molecule has 0 saturated heterocycles. The van der Waals surface area contributed by atoms with E-state index in [-0.39, 0.29) is 0 Å². The van der Waals surface area contributed by atoms with Gasteiger partial charge in [-0.25, -0.2) is 0 Å². The molecule has 0 radical (unpaired) electrons. The molecule has 0 amide bonds. The van der Waals surface area contributed by atoms with Crippen molar-refractivity contribution < 1.29 is 0 Å². The lowest BCUT2D eigenvalue weighted by molar-refractivity contribution is 0.422. The summed E-state index contributed by atoms with van der Waals surface area (Å²) in [5, 5.41) is 12.3. The Kier molecular flexibility index (Phi) is 3.64. The van der Waals surface area contributed by atoms with Crippen LogP contribution in [0.4, 0.5) is 0 Å². The minimum Gasteiger partial charge on any atom is -0.196 e. The zero-order valence-electron chi connectivity index (χ0n) is 11.0. The molecular weight excluding hydrogens is 304 g/mol. The number of nitrogens with zero attached hydrogens (tertiary/aromatic N) is 4. The standard InChI is InChI=1S/C14H17BrN4/c1-10-6-5-9-12(13(10)15)19-14(16-17-18-19)11-7-3-2-4-8-11/h5-6,9,11H,2-4,7-8H2,1H3. The Morgan fingerprint density at radius 3 is 2.79 bits per heavy atom. The van der Waals surface area contributed by atoms with Crippen LogP contribution in [-0.2, 0) is 0 Å². The van der Waals surface area contributed by atoms with Crippen molar-refractivity contribution in [2.45, 2.75) is 44.9 Å². The highest BCUT2D eigenvalue weighted by molar-refractivity contribution is 9.10. The largest absolute Gasteiger partial charge is 0.196 e. The summed E-state index contributed by atoms with van der Waals surface area (Å²) in [5.74, 6) is 1.50. The van der Waals surface area contributed by atoms with Crippen molar-refractivity contribution in [1.82, 2.24) is 20.2 Å². The second-order valence-corrected chi connectivity index (χ2v) is 5.98. The summed E-state index contributed by atoms with van der Waals surface area (Å²) in [4.78, 5) is 0. The molecule has 100 valence electrons. The van der Waals surface area contributed by atoms with Crippen LogP contribution in [0.25, 0.3) is 5.69 Å². The van der Waals surface area contributed by atoms with E-state index in [4.69, 9.17) is 0 Å². The third kappa shape index (κ3) is 2.43. The molecule has 0 spiro atoms. The fourth-order valence-electron chi connectivity index (χ4n) is 2.78. The minimum atomic E-state index is 0.496. The second-order valence-electron chi connectivity index (χ2n) is 5.19. The molecule has 1 aliphatic carbocycles. The van der Waals surface area contributed by atoms with E-state index >= 15 is 0 Å². The first-order chi connectivity index (χ1) is 9.27. The summed E-state index contributed by atoms with van der Waals surface area (Å²) in [6.45, 7) is 2.08. The summed E-state index contributed by atoms with van der Waals surface area (Å²) in [7, 11) is 0. The summed E-state index contributed by atoms with van der Waals surface area (Å²) < 4.78 is 2.96. The number of aromatic nitrogens is 4. The van der Waals surface area contributed by atoms with Gasteiger partial charge in [-0.05, 0) is 57.8 Å². The van der Waals surface area contributed by atoms with E-state index in [0.29, 0.717) is 5.92 Å². The number of tetrazole rings is 1. The summed E-state index contributed by atoms with van der Waals surface area (Å²) in [6, 6.07) is 6.18. The van der Waals surface area contributed by atoms with Gasteiger partial charge in [0, 0.05) is 10.4 Å². The molecule has 0 N–H and O–H groups in total. The third-order valence-corrected chi connectivity index (χ3v) is 4.90. The van der Waals surface area contributed by atoms with Crippen molar-refractivity contribution in [3.05, 3.63) is 34.1 Å². The van der Waals surface area contributed by atoms with Gasteiger partial charge >= 0.3 is 0 Å². The summed E-state index contributed by atoms with van der Waals surface area (Å²) in [5.41, 5.74) is 2.23. The maximum atomic E-state index is 4.27. The van der Waals surface area contributed by atoms with Crippen molar-refractivity contribution in [3.63, 3.8) is 0 Å². The zero-order chi connectivity index (χ0) is 13.2. The van der Waals surface area contributed by atoms with Crippen LogP contribution in [-0.4, -0.2) is 20.2 Å². The number of halogens is 1. The normalized spacial score (nSPS) is 16.7. The smallest absolute Gasteiger partial charge is 0.159 e. The van der Waals surface area contributed by atoms with E-state index in [1.807, 2.05) is 10.7 Å². The lowest BCUT2D eigenvalue weighted by Gasteiger charge is -2.20. The van der Waals surface area contributed by atoms with Crippen molar-refractivity contribution in [2.75, 3.05) is 0 Å². The molecule has 0 aliphatic heterocycles. The van der Waals surface area contributed by atoms with Crippen LogP contribution in [0, 0.1) is 6.92 Å². The molecule has 19 heavy (non-hydrogen) atoms. The summed E-state index contributed by atoms with van der Waals surface area (Å²) in [6.07, 6.45) is 6.30. The lowest BCUT2D eigenvalue weighted by atomic mass is 9.88. The topological polar surface area (TPSA) is 43.6 Å². The SMILES string of the molecule is Cc1cccc(-n2nnnc2C2CCCCC2)c1Br. The molecule has 1 aromatic carbocycles. The van der Waals surface area contributed by atoms with Gasteiger partial charge in [-0.15, -0.1) is 5.10 Å². The van der Waals surface area contributed by atoms with Gasteiger partial charge in [0.15, 0.2) is 5.82 Å². The molecule has 0 unspecified atom stereocenters. The molecule has 1 aliphatic rings. The number of hydrogen-bond donors (Lipinski definition) is 0. The van der Waals surface area contributed by atoms with Crippen LogP contribution < -0.4 is 0 Å². The lowest BCUT2D eigenvalue weighted by Crippen LogP contribution is -2.12. The van der Waals surface area contributed by atoms with Gasteiger partial charge in [-0.3, -0.25) is 0 Å². The quantitative estimate of drug-likeness (QED) is 0.845. The number of benzene rings is 1. The van der Waals surface area contributed by atoms with Gasteiger partial charge in [0.25, 0.3) is 0 Å². The van der Waals surface area contributed by atoms with Crippen LogP contribution in [0.3, 0.4) is 0 Å². The van der Waals surface area contributed by atoms with E-state index < -0.39 is 0 Å². The number of rotatable bonds is 2. The molecule has 0 bridgehead atoms. The Balaban J connectivity index is 2.01. The Hall–Kier alpha value is -1.23. The van der Waals surface area contributed by atoms with Gasteiger partial charge in [0.05, 0.1) is 5.69 Å². The highest BCUT2D eigenvalue weighted by Gasteiger charge is 2.23. The van der Waals surface area contributed by atoms with E-state index in [9.17, 15) is 0 Å². The van der Waals surface area contributed by atoms with Gasteiger partial charge in [0.1, 0.15) is 0 Å². The summed E-state index contributed by atoms with van der Waals surface area (Å²) >= 11 is 3.64. The zero-order valence-corrected chi connectivity index (χ0v) is 12.6. The average Bonchev–Trinajstić information content (AvgIpc) is 2.92. The Bertz CT molecular complexity index is 573. The number of aryl methyl sites for hydroxylation is 1. The van der Waals surface area contributed by atoms with Gasteiger partial charge in [0.2, 0.25) is 0 Å². The van der Waals surface area contributed by atoms with Crippen LogP contribution >= 0.6 is 15.9 Å². The van der Waals surface area contributed by atoms with E-state index in [0.717, 1.165) is 16.0 Å². The Labute approximate surface area is 121 Å². The number of hydrogen-bond acceptors (Lipinski definition) is 3. The van der Waals surface area contributed by atoms with Gasteiger partial charge < -0.3 is 0 Å². The van der Waals surface area contributed by atoms with E-state index in [1.54, 1.807) is 0 Å². The van der Waals surface area contributed by atoms with Gasteiger partial charge in [-0.1, -0.05) is 31.4 Å². The monoisotopic (exact) mass is 320 g/mol. The second kappa shape index (κ2) is 5.41.